The highest BCUT2D eigenvalue weighted by atomic mass is 79.9. The molecule has 0 fully saturated rings. The van der Waals surface area contributed by atoms with Gasteiger partial charge in [-0.1, -0.05) is 23.7 Å². The van der Waals surface area contributed by atoms with Crippen molar-refractivity contribution in [2.24, 2.45) is 0 Å². The molecule has 0 bridgehead atoms. The third-order valence-electron chi connectivity index (χ3n) is 3.24. The highest BCUT2D eigenvalue weighted by molar-refractivity contribution is 9.10. The van der Waals surface area contributed by atoms with Gasteiger partial charge in [-0.2, -0.15) is 5.10 Å². The lowest BCUT2D eigenvalue weighted by Gasteiger charge is -2.08. The van der Waals surface area contributed by atoms with Gasteiger partial charge in [0.1, 0.15) is 0 Å². The summed E-state index contributed by atoms with van der Waals surface area (Å²) >= 11 is 9.47. The van der Waals surface area contributed by atoms with Crippen LogP contribution in [0, 0.1) is 13.8 Å². The molecule has 4 nitrogen and oxygen atoms in total. The summed E-state index contributed by atoms with van der Waals surface area (Å²) < 4.78 is 2.68. The van der Waals surface area contributed by atoms with Crippen molar-refractivity contribution in [2.75, 3.05) is 6.54 Å². The van der Waals surface area contributed by atoms with Gasteiger partial charge in [-0.25, -0.2) is 0 Å². The van der Waals surface area contributed by atoms with Crippen molar-refractivity contribution in [1.82, 2.24) is 15.1 Å². The molecule has 0 aliphatic carbocycles. The molecule has 0 spiro atoms. The maximum atomic E-state index is 12.0. The van der Waals surface area contributed by atoms with Crippen LogP contribution in [0.15, 0.2) is 28.7 Å². The summed E-state index contributed by atoms with van der Waals surface area (Å²) in [6, 6.07) is 7.37. The number of carbonyl (C=O) groups is 1. The highest BCUT2D eigenvalue weighted by Gasteiger charge is 2.10. The number of hydrogen-bond donors (Lipinski definition) is 1. The van der Waals surface area contributed by atoms with Gasteiger partial charge in [-0.15, -0.1) is 0 Å². The summed E-state index contributed by atoms with van der Waals surface area (Å²) in [6.45, 7) is 5.16. The van der Waals surface area contributed by atoms with Crippen molar-refractivity contribution in [3.05, 3.63) is 50.7 Å². The van der Waals surface area contributed by atoms with E-state index in [1.807, 2.05) is 36.7 Å². The molecule has 6 heteroatoms. The molecule has 1 heterocycles. The van der Waals surface area contributed by atoms with E-state index in [0.717, 1.165) is 28.8 Å². The second-order valence-electron chi connectivity index (χ2n) is 4.80. The molecule has 0 aliphatic heterocycles. The number of carbonyl (C=O) groups excluding carboxylic acids is 1. The predicted octanol–water partition coefficient (Wildman–Crippen LogP) is 3.74. The Morgan fingerprint density at radius 1 is 1.38 bits per heavy atom. The first kappa shape index (κ1) is 16.0. The van der Waals surface area contributed by atoms with E-state index in [-0.39, 0.29) is 5.91 Å². The lowest BCUT2D eigenvalue weighted by molar-refractivity contribution is 0.0952. The van der Waals surface area contributed by atoms with Gasteiger partial charge in [0.05, 0.1) is 22.0 Å². The predicted molar refractivity (Wildman–Crippen MR) is 87.8 cm³/mol. The van der Waals surface area contributed by atoms with Crippen LogP contribution in [0.3, 0.4) is 0 Å². The van der Waals surface area contributed by atoms with Crippen LogP contribution in [0.4, 0.5) is 0 Å². The fourth-order valence-electron chi connectivity index (χ4n) is 2.06. The number of halogens is 2. The summed E-state index contributed by atoms with van der Waals surface area (Å²) in [7, 11) is 0. The number of nitrogens with zero attached hydrogens (tertiary/aromatic N) is 2. The average Bonchev–Trinajstić information content (AvgIpc) is 2.71. The quantitative estimate of drug-likeness (QED) is 0.815. The minimum absolute atomic E-state index is 0.0751. The first-order chi connectivity index (χ1) is 10.0. The van der Waals surface area contributed by atoms with Crippen molar-refractivity contribution < 1.29 is 4.79 Å². The van der Waals surface area contributed by atoms with Gasteiger partial charge in [-0.05, 0) is 48.3 Å². The largest absolute Gasteiger partial charge is 0.352 e. The average molecular weight is 371 g/mol. The molecule has 0 saturated heterocycles. The molecule has 112 valence electrons. The Bertz CT molecular complexity index is 654. The van der Waals surface area contributed by atoms with E-state index >= 15 is 0 Å². The molecule has 2 rings (SSSR count). The number of hydrogen-bond acceptors (Lipinski definition) is 2. The number of benzene rings is 1. The Morgan fingerprint density at radius 3 is 2.71 bits per heavy atom. The van der Waals surface area contributed by atoms with E-state index in [0.29, 0.717) is 17.1 Å². The highest BCUT2D eigenvalue weighted by Crippen LogP contribution is 2.19. The molecular weight excluding hydrogens is 354 g/mol. The van der Waals surface area contributed by atoms with Crippen LogP contribution in [0.25, 0.3) is 0 Å². The first-order valence-electron chi connectivity index (χ1n) is 6.73. The maximum absolute atomic E-state index is 12.0. The molecule has 0 aliphatic rings. The number of aromatic nitrogens is 2. The molecule has 1 N–H and O–H groups in total. The maximum Gasteiger partial charge on any atom is 0.252 e. The topological polar surface area (TPSA) is 46.9 Å². The molecule has 0 unspecified atom stereocenters. The molecule has 1 aromatic heterocycles. The molecule has 0 saturated carbocycles. The van der Waals surface area contributed by atoms with Crippen LogP contribution in [-0.4, -0.2) is 22.2 Å². The van der Waals surface area contributed by atoms with Crippen LogP contribution < -0.4 is 5.32 Å². The normalized spacial score (nSPS) is 10.7. The second kappa shape index (κ2) is 7.09. The fraction of sp³-hybridized carbons (Fsp3) is 0.333. The Kier molecular flexibility index (Phi) is 5.42. The second-order valence-corrected chi connectivity index (χ2v) is 6.03. The van der Waals surface area contributed by atoms with Crippen LogP contribution in [0.5, 0.6) is 0 Å². The van der Waals surface area contributed by atoms with Gasteiger partial charge in [0.2, 0.25) is 0 Å². The van der Waals surface area contributed by atoms with Crippen LogP contribution in [0.1, 0.15) is 28.2 Å². The van der Waals surface area contributed by atoms with E-state index in [2.05, 4.69) is 26.3 Å². The number of nitrogens with one attached hydrogen (secondary N) is 1. The Labute approximate surface area is 137 Å². The van der Waals surface area contributed by atoms with E-state index in [4.69, 9.17) is 11.6 Å². The van der Waals surface area contributed by atoms with Crippen molar-refractivity contribution in [3.63, 3.8) is 0 Å². The van der Waals surface area contributed by atoms with Gasteiger partial charge in [-0.3, -0.25) is 9.48 Å². The number of rotatable bonds is 5. The molecule has 21 heavy (non-hydrogen) atoms. The van der Waals surface area contributed by atoms with Gasteiger partial charge in [0, 0.05) is 17.6 Å². The lowest BCUT2D eigenvalue weighted by Crippen LogP contribution is -2.25. The Balaban J connectivity index is 1.84. The Morgan fingerprint density at radius 2 is 2.10 bits per heavy atom. The van der Waals surface area contributed by atoms with Crippen molar-refractivity contribution in [3.8, 4) is 0 Å². The van der Waals surface area contributed by atoms with E-state index in [9.17, 15) is 4.79 Å². The van der Waals surface area contributed by atoms with Gasteiger partial charge >= 0.3 is 0 Å². The summed E-state index contributed by atoms with van der Waals surface area (Å²) in [4.78, 5) is 12.0. The summed E-state index contributed by atoms with van der Waals surface area (Å²) in [6.07, 6.45) is 0.800. The van der Waals surface area contributed by atoms with Gasteiger partial charge in [0.15, 0.2) is 0 Å². The molecule has 0 radical (unpaired) electrons. The molecular formula is C15H17BrClN3O. The SMILES string of the molecule is Cc1nn(CCCNC(=O)c2ccccc2Br)c(C)c1Cl. The van der Waals surface area contributed by atoms with Crippen molar-refractivity contribution >= 4 is 33.4 Å². The zero-order chi connectivity index (χ0) is 15.4. The van der Waals surface area contributed by atoms with E-state index in [1.54, 1.807) is 6.07 Å². The van der Waals surface area contributed by atoms with Gasteiger partial charge in [0.25, 0.3) is 5.91 Å². The van der Waals surface area contributed by atoms with Crippen molar-refractivity contribution in [2.45, 2.75) is 26.8 Å². The van der Waals surface area contributed by atoms with Crippen LogP contribution >= 0.6 is 27.5 Å². The number of aryl methyl sites for hydroxylation is 2. The lowest BCUT2D eigenvalue weighted by atomic mass is 10.2. The van der Waals surface area contributed by atoms with Crippen LogP contribution in [-0.2, 0) is 6.54 Å². The van der Waals surface area contributed by atoms with E-state index in [1.165, 1.54) is 0 Å². The third kappa shape index (κ3) is 3.86. The molecule has 1 aromatic carbocycles. The van der Waals surface area contributed by atoms with E-state index < -0.39 is 0 Å². The Hall–Kier alpha value is -1.33. The molecule has 2 aromatic rings. The fourth-order valence-corrected chi connectivity index (χ4v) is 2.66. The zero-order valence-electron chi connectivity index (χ0n) is 12.0. The minimum atomic E-state index is -0.0751. The molecule has 0 atom stereocenters. The van der Waals surface area contributed by atoms with Crippen LogP contribution in [0.2, 0.25) is 5.02 Å². The zero-order valence-corrected chi connectivity index (χ0v) is 14.3. The third-order valence-corrected chi connectivity index (χ3v) is 4.48. The van der Waals surface area contributed by atoms with Gasteiger partial charge < -0.3 is 5.32 Å². The smallest absolute Gasteiger partial charge is 0.252 e. The summed E-state index contributed by atoms with van der Waals surface area (Å²) in [5.74, 6) is -0.0751. The monoisotopic (exact) mass is 369 g/mol. The first-order valence-corrected chi connectivity index (χ1v) is 7.90. The summed E-state index contributed by atoms with van der Waals surface area (Å²) in [5.41, 5.74) is 2.45. The summed E-state index contributed by atoms with van der Waals surface area (Å²) in [5, 5.41) is 7.99. The standard InChI is InChI=1S/C15H17BrClN3O/c1-10-14(17)11(2)20(19-10)9-5-8-18-15(21)12-6-3-4-7-13(12)16/h3-4,6-7H,5,8-9H2,1-2H3,(H,18,21). The van der Waals surface area contributed by atoms with Crippen molar-refractivity contribution in [1.29, 1.82) is 0 Å². The minimum Gasteiger partial charge on any atom is -0.352 e. The number of amides is 1. The molecule has 1 amide bonds.